The van der Waals surface area contributed by atoms with Crippen LogP contribution in [0, 0.1) is 0 Å². The molecule has 0 aromatic rings. The van der Waals surface area contributed by atoms with Gasteiger partial charge in [-0.1, -0.05) is 256 Å². The first-order valence-corrected chi connectivity index (χ1v) is 50.0. The van der Waals surface area contributed by atoms with Crippen molar-refractivity contribution in [3.05, 3.63) is 48.6 Å². The fourth-order valence-electron chi connectivity index (χ4n) is 13.2. The molecule has 0 spiro atoms. The molecule has 0 aliphatic carbocycles. The Hall–Kier alpha value is -9.35. The summed E-state index contributed by atoms with van der Waals surface area (Å²) < 4.78 is 0. The van der Waals surface area contributed by atoms with Gasteiger partial charge in [0.2, 0.25) is 59.1 Å². The Labute approximate surface area is 785 Å². The van der Waals surface area contributed by atoms with E-state index in [2.05, 4.69) is 177 Å². The van der Waals surface area contributed by atoms with Crippen molar-refractivity contribution in [3.8, 4) is 0 Å². The Kier molecular flexibility index (Phi) is 89.8. The van der Waals surface area contributed by atoms with E-state index in [9.17, 15) is 47.9 Å². The summed E-state index contributed by atoms with van der Waals surface area (Å²) in [4.78, 5) is 157. The minimum atomic E-state index is -1.51. The van der Waals surface area contributed by atoms with Crippen molar-refractivity contribution < 1.29 is 67.3 Å². The van der Waals surface area contributed by atoms with Crippen molar-refractivity contribution in [1.82, 2.24) is 75.5 Å². The number of carbonyl (C=O) groups excluding carboxylic acids is 10. The first kappa shape index (κ1) is 122. The van der Waals surface area contributed by atoms with Crippen molar-refractivity contribution in [2.75, 3.05) is 78.8 Å². The lowest BCUT2D eigenvalue weighted by Gasteiger charge is -2.22. The molecule has 0 saturated carbocycles. The standard InChI is InChI=1S/C96H177N21O14/c1-5-9-13-17-21-25-29-33-37-41-45-49-53-57-67-107-114-128-79-89(121)101-73-71-99-86(118)64-61-83(93(125)105-77-75-103-91(123)81-130-116-109-69-59-55-51-47-43-39-35-31-27-23-19-15-11-7-3)111-88(120)66-63-85(113-96(97)98)95(127)112-84(94(126)106-78-76-104-92(124)82-131-117-110-70-60-56-52-48-44-40-36-32-28-24-20-16-12-8-4)62-65-87(119)100-72-74-102-90(122)80-129-115-108-68-58-54-50-46-42-38-34-30-26-22-18-14-10-6-2/h17-24,67-70,83-85,114-117H,5-16,25-66,71-82H2,1-4H3,(H,99,118)(H,100,119)(H,101,121)(H,102,122)(H,103,123)(H,104,124)(H,105,125)(H,106,126)(H,111,120)(H,112,127)(H4,97,98,113)/b21-17-,22-18-,23-19-,24-20-,107-67+,108-68+,109-69+,110-70+/t83-,84-,85-/m0/s1. The number of nitrogens with one attached hydrogen (secondary N) is 14. The van der Waals surface area contributed by atoms with Gasteiger partial charge in [-0.3, -0.25) is 47.9 Å². The summed E-state index contributed by atoms with van der Waals surface area (Å²) in [7, 11) is 0. The van der Waals surface area contributed by atoms with Crippen LogP contribution >= 0.6 is 0 Å². The zero-order chi connectivity index (χ0) is 95.5. The summed E-state index contributed by atoms with van der Waals surface area (Å²) in [5, 5.41) is 42.5. The van der Waals surface area contributed by atoms with E-state index in [1.54, 1.807) is 24.9 Å². The van der Waals surface area contributed by atoms with Crippen LogP contribution < -0.4 is 87.0 Å². The highest BCUT2D eigenvalue weighted by Gasteiger charge is 2.29. The molecule has 131 heavy (non-hydrogen) atoms. The highest BCUT2D eigenvalue weighted by Crippen LogP contribution is 2.16. The Balaban J connectivity index is 5.87. The lowest BCUT2D eigenvalue weighted by atomic mass is 10.1. The number of hydrogen-bond donors (Lipinski definition) is 16. The van der Waals surface area contributed by atoms with Gasteiger partial charge in [-0.05, 0) is 148 Å². The van der Waals surface area contributed by atoms with Gasteiger partial charge >= 0.3 is 0 Å². The number of amides is 10. The van der Waals surface area contributed by atoms with Gasteiger partial charge in [0.05, 0.1) is 0 Å². The second kappa shape index (κ2) is 96.7. The number of aliphatic imine (C=N–C) groups is 1. The first-order chi connectivity index (χ1) is 64.1. The zero-order valence-electron chi connectivity index (χ0n) is 80.9. The molecule has 0 unspecified atom stereocenters. The van der Waals surface area contributed by atoms with Gasteiger partial charge in [-0.25, -0.2) is 24.3 Å². The number of allylic oxidation sites excluding steroid dienone is 8. The molecular weight excluding hydrogens is 1670 g/mol. The Morgan fingerprint density at radius 3 is 0.733 bits per heavy atom. The number of guanidine groups is 1. The maximum absolute atomic E-state index is 14.2. The summed E-state index contributed by atoms with van der Waals surface area (Å²) in [6, 6.07) is -4.25. The maximum Gasteiger partial charge on any atom is 0.248 e. The Morgan fingerprint density at radius 1 is 0.252 bits per heavy atom. The average Bonchev–Trinajstić information content (AvgIpc) is 0.887. The van der Waals surface area contributed by atoms with Crippen molar-refractivity contribution in [2.24, 2.45) is 36.9 Å². The van der Waals surface area contributed by atoms with E-state index < -0.39 is 96.2 Å². The second-order valence-corrected chi connectivity index (χ2v) is 33.0. The molecule has 0 radical (unpaired) electrons. The van der Waals surface area contributed by atoms with Crippen molar-refractivity contribution >= 4 is 89.9 Å². The zero-order valence-corrected chi connectivity index (χ0v) is 80.9. The highest BCUT2D eigenvalue weighted by atomic mass is 16.7. The molecule has 0 aliphatic heterocycles. The van der Waals surface area contributed by atoms with E-state index in [4.69, 9.17) is 30.8 Å². The molecule has 0 saturated heterocycles. The molecule has 0 aliphatic rings. The number of rotatable bonds is 95. The summed E-state index contributed by atoms with van der Waals surface area (Å²) in [5.41, 5.74) is 21.3. The first-order valence-electron chi connectivity index (χ1n) is 50.0. The van der Waals surface area contributed by atoms with Crippen LogP contribution in [0.25, 0.3) is 0 Å². The predicted octanol–water partition coefficient (Wildman–Crippen LogP) is 12.9. The fraction of sp³-hybridized carbons (Fsp3) is 0.760. The summed E-state index contributed by atoms with van der Waals surface area (Å²) in [6.45, 7) is 7.08. The van der Waals surface area contributed by atoms with Gasteiger partial charge in [-0.15, -0.1) is 0 Å². The smallest absolute Gasteiger partial charge is 0.248 e. The Morgan fingerprint density at radius 2 is 0.473 bits per heavy atom. The normalized spacial score (nSPS) is 12.3. The average molecular weight is 1850 g/mol. The van der Waals surface area contributed by atoms with Crippen LogP contribution in [0.4, 0.5) is 0 Å². The summed E-state index contributed by atoms with van der Waals surface area (Å²) in [6.07, 6.45) is 78.2. The van der Waals surface area contributed by atoms with E-state index >= 15 is 0 Å². The summed E-state index contributed by atoms with van der Waals surface area (Å²) in [5.74, 6) is -6.76. The van der Waals surface area contributed by atoms with Crippen LogP contribution in [0.3, 0.4) is 0 Å². The highest BCUT2D eigenvalue weighted by molar-refractivity contribution is 5.93. The van der Waals surface area contributed by atoms with Gasteiger partial charge in [0.25, 0.3) is 0 Å². The van der Waals surface area contributed by atoms with Gasteiger partial charge in [0.15, 0.2) is 32.4 Å². The minimum absolute atomic E-state index is 0.00289. The summed E-state index contributed by atoms with van der Waals surface area (Å²) >= 11 is 0. The van der Waals surface area contributed by atoms with Gasteiger partial charge in [0, 0.05) is 96.5 Å². The number of carbonyl (C=O) groups is 10. The van der Waals surface area contributed by atoms with Crippen LogP contribution in [-0.4, -0.2) is 187 Å². The quantitative estimate of drug-likeness (QED) is 0.00884. The third-order valence-electron chi connectivity index (χ3n) is 20.9. The molecule has 750 valence electrons. The van der Waals surface area contributed by atoms with Crippen LogP contribution in [0.1, 0.15) is 374 Å². The van der Waals surface area contributed by atoms with Gasteiger partial charge in [-0.2, -0.15) is 42.8 Å². The van der Waals surface area contributed by atoms with E-state index in [0.29, 0.717) is 0 Å². The second-order valence-electron chi connectivity index (χ2n) is 33.0. The third kappa shape index (κ3) is 89.6. The number of nitrogens with zero attached hydrogens (tertiary/aromatic N) is 5. The fourth-order valence-corrected chi connectivity index (χ4v) is 13.2. The van der Waals surface area contributed by atoms with Crippen LogP contribution in [0.5, 0.6) is 0 Å². The molecule has 10 amide bonds. The molecule has 0 rings (SSSR count). The molecule has 0 heterocycles. The van der Waals surface area contributed by atoms with Crippen LogP contribution in [0.15, 0.2) is 74.0 Å². The van der Waals surface area contributed by atoms with Crippen LogP contribution in [0.2, 0.25) is 0 Å². The maximum atomic E-state index is 14.2. The molecule has 0 aromatic heterocycles. The van der Waals surface area contributed by atoms with E-state index in [0.717, 1.165) is 116 Å². The number of hydrogen-bond acceptors (Lipinski definition) is 23. The molecule has 0 fully saturated rings. The number of nitrogens with two attached hydrogens (primary N) is 2. The number of hydrazone groups is 4. The minimum Gasteiger partial charge on any atom is -0.370 e. The molecule has 35 nitrogen and oxygen atoms in total. The van der Waals surface area contributed by atoms with Gasteiger partial charge in [0.1, 0.15) is 18.1 Å². The lowest BCUT2D eigenvalue weighted by Crippen LogP contribution is -2.51. The SMILES string of the molecule is CCCC/C=C\CCCCCCCCC/C=N/NOCC(=O)NCCNC(=O)CC[C@H](NC(=O)CC[C@H](N=C(N)N)C(=O)N[C@@H](CCC(=O)NCCNC(=O)CON/N=C/CCCCCCCCC/C=C\CCCC)C(=O)NCCNC(=O)CON/N=C/CCCCCCCCC/C=C\CCCC)C(=O)NCCNC(=O)CON/N=C/CCCCCCCCC/C=C\CCCC. The molecule has 0 bridgehead atoms. The van der Waals surface area contributed by atoms with Crippen LogP contribution in [-0.2, 0) is 67.3 Å². The van der Waals surface area contributed by atoms with Crippen molar-refractivity contribution in [1.29, 1.82) is 0 Å². The molecule has 3 atom stereocenters. The molecule has 0 aromatic carbocycles. The van der Waals surface area contributed by atoms with Crippen molar-refractivity contribution in [2.45, 2.75) is 393 Å². The van der Waals surface area contributed by atoms with Crippen molar-refractivity contribution in [3.63, 3.8) is 0 Å². The predicted molar refractivity (Wildman–Crippen MR) is 526 cm³/mol. The number of unbranched alkanes of at least 4 members (excludes halogenated alkanes) is 40. The monoisotopic (exact) mass is 1850 g/mol. The molecular formula is C96H177N21O14. The topological polar surface area (TPSA) is 490 Å². The third-order valence-corrected chi connectivity index (χ3v) is 20.9. The molecule has 35 heteroatoms. The van der Waals surface area contributed by atoms with Gasteiger partial charge < -0.3 is 64.6 Å². The van der Waals surface area contributed by atoms with E-state index in [1.807, 2.05) is 0 Å². The van der Waals surface area contributed by atoms with E-state index in [1.165, 1.54) is 193 Å². The van der Waals surface area contributed by atoms with E-state index in [-0.39, 0.29) is 104 Å². The largest absolute Gasteiger partial charge is 0.370 e. The Bertz CT molecular complexity index is 3140. The molecule has 18 N–H and O–H groups in total. The lowest BCUT2D eigenvalue weighted by molar-refractivity contribution is -0.131.